The summed E-state index contributed by atoms with van der Waals surface area (Å²) in [6.07, 6.45) is 0. The summed E-state index contributed by atoms with van der Waals surface area (Å²) in [5.74, 6) is 0. The molecule has 0 spiro atoms. The zero-order valence-electron chi connectivity index (χ0n) is 30.8. The normalized spacial score (nSPS) is 11.6. The average molecular weight is 709 g/mol. The Kier molecular flexibility index (Phi) is 7.60. The number of rotatable bonds is 5. The van der Waals surface area contributed by atoms with Gasteiger partial charge >= 0.3 is 0 Å². The summed E-state index contributed by atoms with van der Waals surface area (Å²) in [5.41, 5.74) is 12.3. The first-order valence-electron chi connectivity index (χ1n) is 19.4. The van der Waals surface area contributed by atoms with Crippen LogP contribution >= 0.6 is 0 Å². The molecule has 0 aliphatic heterocycles. The van der Waals surface area contributed by atoms with Gasteiger partial charge in [0.25, 0.3) is 0 Å². The van der Waals surface area contributed by atoms with Crippen LogP contribution in [0, 0.1) is 0 Å². The van der Waals surface area contributed by atoms with Crippen LogP contribution < -0.4 is 0 Å². The molecule has 0 amide bonds. The van der Waals surface area contributed by atoms with Crippen LogP contribution in [0.3, 0.4) is 0 Å². The number of benzene rings is 11. The Hall–Kier alpha value is -7.28. The van der Waals surface area contributed by atoms with Crippen molar-refractivity contribution in [3.05, 3.63) is 218 Å². The van der Waals surface area contributed by atoms with Crippen LogP contribution in [0.1, 0.15) is 0 Å². The van der Waals surface area contributed by atoms with Gasteiger partial charge in [-0.1, -0.05) is 194 Å². The van der Waals surface area contributed by atoms with Gasteiger partial charge < -0.3 is 0 Å². The highest BCUT2D eigenvalue weighted by Gasteiger charge is 2.19. The van der Waals surface area contributed by atoms with Gasteiger partial charge in [-0.3, -0.25) is 0 Å². The summed E-state index contributed by atoms with van der Waals surface area (Å²) in [5, 5.41) is 12.6. The molecule has 11 rings (SSSR count). The van der Waals surface area contributed by atoms with Gasteiger partial charge in [-0.15, -0.1) is 0 Å². The number of hydrogen-bond donors (Lipinski definition) is 0. The van der Waals surface area contributed by atoms with E-state index in [0.717, 1.165) is 0 Å². The molecule has 0 atom stereocenters. The lowest BCUT2D eigenvalue weighted by atomic mass is 9.83. The molecule has 0 nitrogen and oxygen atoms in total. The van der Waals surface area contributed by atoms with E-state index in [1.54, 1.807) is 0 Å². The first kappa shape index (κ1) is 32.2. The molecule has 0 saturated carbocycles. The molecule has 0 aliphatic carbocycles. The van der Waals surface area contributed by atoms with Crippen LogP contribution in [0.25, 0.3) is 109 Å². The molecular weight excluding hydrogens is 673 g/mol. The van der Waals surface area contributed by atoms with E-state index in [2.05, 4.69) is 218 Å². The maximum absolute atomic E-state index is 2.42. The van der Waals surface area contributed by atoms with E-state index < -0.39 is 0 Å². The molecule has 0 fully saturated rings. The van der Waals surface area contributed by atoms with Crippen molar-refractivity contribution in [2.45, 2.75) is 0 Å². The van der Waals surface area contributed by atoms with E-state index in [9.17, 15) is 0 Å². The highest BCUT2D eigenvalue weighted by Crippen LogP contribution is 2.46. The monoisotopic (exact) mass is 708 g/mol. The number of fused-ring (bicyclic) bond motifs is 6. The lowest BCUT2D eigenvalue weighted by Gasteiger charge is -2.20. The smallest absolute Gasteiger partial charge is 0.00259 e. The van der Waals surface area contributed by atoms with Gasteiger partial charge in [0.05, 0.1) is 0 Å². The largest absolute Gasteiger partial charge is 0.0622 e. The van der Waals surface area contributed by atoms with E-state index >= 15 is 0 Å². The van der Waals surface area contributed by atoms with Crippen molar-refractivity contribution in [1.82, 2.24) is 0 Å². The second kappa shape index (κ2) is 13.2. The molecule has 0 unspecified atom stereocenters. The summed E-state index contributed by atoms with van der Waals surface area (Å²) in [6, 6.07) is 80.4. The van der Waals surface area contributed by atoms with Crippen molar-refractivity contribution in [3.8, 4) is 55.6 Å². The van der Waals surface area contributed by atoms with Crippen LogP contribution in [0.5, 0.6) is 0 Å². The Balaban J connectivity index is 1.18. The minimum absolute atomic E-state index is 1.20. The van der Waals surface area contributed by atoms with Gasteiger partial charge in [-0.05, 0) is 134 Å². The third-order valence-corrected chi connectivity index (χ3v) is 11.6. The lowest BCUT2D eigenvalue weighted by molar-refractivity contribution is 1.59. The van der Waals surface area contributed by atoms with E-state index in [0.29, 0.717) is 0 Å². The van der Waals surface area contributed by atoms with E-state index in [4.69, 9.17) is 0 Å². The Morgan fingerprint density at radius 3 is 1.32 bits per heavy atom. The number of hydrogen-bond acceptors (Lipinski definition) is 0. The molecule has 56 heavy (non-hydrogen) atoms. The average Bonchev–Trinajstić information content (AvgIpc) is 3.27. The predicted molar refractivity (Wildman–Crippen MR) is 241 cm³/mol. The summed E-state index contributed by atoms with van der Waals surface area (Å²) >= 11 is 0. The van der Waals surface area contributed by atoms with Crippen molar-refractivity contribution >= 4 is 53.9 Å². The van der Waals surface area contributed by atoms with Gasteiger partial charge in [0, 0.05) is 0 Å². The van der Waals surface area contributed by atoms with Gasteiger partial charge in [-0.2, -0.15) is 0 Å². The Labute approximate surface area is 326 Å². The zero-order valence-corrected chi connectivity index (χ0v) is 30.8. The van der Waals surface area contributed by atoms with Crippen molar-refractivity contribution in [2.75, 3.05) is 0 Å². The Bertz CT molecular complexity index is 3230. The minimum Gasteiger partial charge on any atom is -0.0622 e. The molecule has 11 aromatic carbocycles. The quantitative estimate of drug-likeness (QED) is 0.123. The second-order valence-electron chi connectivity index (χ2n) is 14.8. The van der Waals surface area contributed by atoms with Crippen molar-refractivity contribution in [3.63, 3.8) is 0 Å². The topological polar surface area (TPSA) is 0 Å². The molecule has 0 aromatic heterocycles. The van der Waals surface area contributed by atoms with Crippen LogP contribution in [-0.4, -0.2) is 0 Å². The fourth-order valence-electron chi connectivity index (χ4n) is 9.09. The summed E-state index contributed by atoms with van der Waals surface area (Å²) < 4.78 is 0. The van der Waals surface area contributed by atoms with Crippen molar-refractivity contribution in [1.29, 1.82) is 0 Å². The fraction of sp³-hybridized carbons (Fsp3) is 0. The van der Waals surface area contributed by atoms with Gasteiger partial charge in [0.2, 0.25) is 0 Å². The molecule has 11 aromatic rings. The van der Waals surface area contributed by atoms with E-state index in [-0.39, 0.29) is 0 Å². The van der Waals surface area contributed by atoms with Crippen molar-refractivity contribution < 1.29 is 0 Å². The SMILES string of the molecule is c1ccc(-c2cc(-c3c4ccccc4c(-c4cccc(-c5cccc6ccccc56)c4)c4ccccc34)cc(-c3cccc4c3ccc3ccccc34)c2)cc1. The van der Waals surface area contributed by atoms with Crippen LogP contribution in [-0.2, 0) is 0 Å². The summed E-state index contributed by atoms with van der Waals surface area (Å²) in [4.78, 5) is 0. The molecule has 0 heterocycles. The highest BCUT2D eigenvalue weighted by molar-refractivity contribution is 6.22. The van der Waals surface area contributed by atoms with Crippen molar-refractivity contribution in [2.24, 2.45) is 0 Å². The van der Waals surface area contributed by atoms with Gasteiger partial charge in [0.1, 0.15) is 0 Å². The maximum atomic E-state index is 2.42. The third kappa shape index (κ3) is 5.30. The molecule has 260 valence electrons. The fourth-order valence-corrected chi connectivity index (χ4v) is 9.09. The summed E-state index contributed by atoms with van der Waals surface area (Å²) in [7, 11) is 0. The lowest BCUT2D eigenvalue weighted by Crippen LogP contribution is -1.93. The maximum Gasteiger partial charge on any atom is -0.00259 e. The van der Waals surface area contributed by atoms with Crippen LogP contribution in [0.2, 0.25) is 0 Å². The molecule has 0 saturated heterocycles. The first-order valence-corrected chi connectivity index (χ1v) is 19.4. The second-order valence-corrected chi connectivity index (χ2v) is 14.8. The molecule has 0 radical (unpaired) electrons. The first-order chi connectivity index (χ1) is 27.8. The predicted octanol–water partition coefficient (Wildman–Crippen LogP) is 15.8. The standard InChI is InChI=1S/C56H36/c1-2-15-37(16-3-1)42-34-43(48-29-14-30-49-46-23-7-5-18-39(46)31-32-50(48)49)36-44(35-42)56-53-26-10-8-24-51(53)55(52-25-9-11-27-54(52)56)41-21-12-20-40(33-41)47-28-13-19-38-17-4-6-22-45(38)47/h1-36H. The molecule has 0 heteroatoms. The van der Waals surface area contributed by atoms with Gasteiger partial charge in [-0.25, -0.2) is 0 Å². The molecular formula is C56H36. The molecule has 0 aliphatic rings. The van der Waals surface area contributed by atoms with Crippen LogP contribution in [0.15, 0.2) is 218 Å². The van der Waals surface area contributed by atoms with E-state index in [1.807, 2.05) is 0 Å². The minimum atomic E-state index is 1.20. The molecule has 0 bridgehead atoms. The Morgan fingerprint density at radius 1 is 0.179 bits per heavy atom. The molecule has 0 N–H and O–H groups in total. The highest BCUT2D eigenvalue weighted by atomic mass is 14.2. The van der Waals surface area contributed by atoms with Gasteiger partial charge in [0.15, 0.2) is 0 Å². The van der Waals surface area contributed by atoms with Crippen LogP contribution in [0.4, 0.5) is 0 Å². The zero-order chi connectivity index (χ0) is 37.0. The summed E-state index contributed by atoms with van der Waals surface area (Å²) in [6.45, 7) is 0. The Morgan fingerprint density at radius 2 is 0.607 bits per heavy atom. The third-order valence-electron chi connectivity index (χ3n) is 11.6. The van der Waals surface area contributed by atoms with E-state index in [1.165, 1.54) is 109 Å².